The standard InChI is InChI=1S/C14H15BrFNO/c1-9-3-4-11(7-13(9)16)10(2)17-8-14-12(15)5-6-18-14/h3-7,10,17H,8H2,1-2H3. The molecule has 1 N–H and O–H groups in total. The molecule has 1 aromatic carbocycles. The summed E-state index contributed by atoms with van der Waals surface area (Å²) >= 11 is 3.40. The Balaban J connectivity index is 2.01. The number of rotatable bonds is 4. The van der Waals surface area contributed by atoms with E-state index in [9.17, 15) is 4.39 Å². The van der Waals surface area contributed by atoms with Crippen molar-refractivity contribution in [3.05, 3.63) is 57.7 Å². The maximum atomic E-state index is 13.5. The minimum atomic E-state index is -0.166. The normalized spacial score (nSPS) is 12.7. The summed E-state index contributed by atoms with van der Waals surface area (Å²) in [6.07, 6.45) is 1.64. The fraction of sp³-hybridized carbons (Fsp3) is 0.286. The molecule has 0 bridgehead atoms. The van der Waals surface area contributed by atoms with Crippen LogP contribution >= 0.6 is 15.9 Å². The number of nitrogens with one attached hydrogen (secondary N) is 1. The summed E-state index contributed by atoms with van der Waals surface area (Å²) < 4.78 is 19.7. The number of aryl methyl sites for hydroxylation is 1. The predicted octanol–water partition coefficient (Wildman–Crippen LogP) is 4.34. The number of furan rings is 1. The van der Waals surface area contributed by atoms with Gasteiger partial charge in [-0.2, -0.15) is 0 Å². The monoisotopic (exact) mass is 311 g/mol. The molecule has 0 spiro atoms. The van der Waals surface area contributed by atoms with E-state index in [-0.39, 0.29) is 11.9 Å². The third-order valence-corrected chi connectivity index (χ3v) is 3.66. The molecular weight excluding hydrogens is 297 g/mol. The smallest absolute Gasteiger partial charge is 0.131 e. The number of benzene rings is 1. The molecule has 0 radical (unpaired) electrons. The van der Waals surface area contributed by atoms with E-state index in [0.29, 0.717) is 12.1 Å². The first-order valence-corrected chi connectivity index (χ1v) is 6.58. The summed E-state index contributed by atoms with van der Waals surface area (Å²) in [6, 6.07) is 7.23. The van der Waals surface area contributed by atoms with Gasteiger partial charge < -0.3 is 9.73 Å². The molecule has 0 saturated heterocycles. The largest absolute Gasteiger partial charge is 0.467 e. The van der Waals surface area contributed by atoms with Crippen LogP contribution in [0.5, 0.6) is 0 Å². The third-order valence-electron chi connectivity index (χ3n) is 2.96. The van der Waals surface area contributed by atoms with E-state index in [0.717, 1.165) is 15.8 Å². The summed E-state index contributed by atoms with van der Waals surface area (Å²) in [5.74, 6) is 0.676. The summed E-state index contributed by atoms with van der Waals surface area (Å²) in [5.41, 5.74) is 1.60. The predicted molar refractivity (Wildman–Crippen MR) is 72.8 cm³/mol. The van der Waals surface area contributed by atoms with Gasteiger partial charge in [-0.3, -0.25) is 0 Å². The van der Waals surface area contributed by atoms with Crippen molar-refractivity contribution >= 4 is 15.9 Å². The molecule has 2 nitrogen and oxygen atoms in total. The molecule has 0 aliphatic carbocycles. The lowest BCUT2D eigenvalue weighted by Gasteiger charge is -2.14. The molecule has 2 rings (SSSR count). The zero-order valence-electron chi connectivity index (χ0n) is 10.3. The minimum Gasteiger partial charge on any atom is -0.467 e. The van der Waals surface area contributed by atoms with Crippen LogP contribution in [0.1, 0.15) is 29.9 Å². The Morgan fingerprint density at radius 3 is 2.78 bits per heavy atom. The van der Waals surface area contributed by atoms with Crippen LogP contribution in [-0.4, -0.2) is 0 Å². The summed E-state index contributed by atoms with van der Waals surface area (Å²) in [7, 11) is 0. The first-order chi connectivity index (χ1) is 8.58. The highest BCUT2D eigenvalue weighted by molar-refractivity contribution is 9.10. The van der Waals surface area contributed by atoms with E-state index in [4.69, 9.17) is 4.42 Å². The first-order valence-electron chi connectivity index (χ1n) is 5.79. The van der Waals surface area contributed by atoms with Crippen LogP contribution in [0.3, 0.4) is 0 Å². The molecular formula is C14H15BrFNO. The van der Waals surface area contributed by atoms with Gasteiger partial charge in [-0.25, -0.2) is 4.39 Å². The van der Waals surface area contributed by atoms with Crippen molar-refractivity contribution in [1.29, 1.82) is 0 Å². The average molecular weight is 312 g/mol. The average Bonchev–Trinajstić information content (AvgIpc) is 2.75. The van der Waals surface area contributed by atoms with Gasteiger partial charge in [0.2, 0.25) is 0 Å². The van der Waals surface area contributed by atoms with E-state index in [2.05, 4.69) is 21.2 Å². The Hall–Kier alpha value is -1.13. The van der Waals surface area contributed by atoms with E-state index in [1.54, 1.807) is 25.3 Å². The minimum absolute atomic E-state index is 0.0668. The van der Waals surface area contributed by atoms with E-state index >= 15 is 0 Å². The van der Waals surface area contributed by atoms with Gasteiger partial charge in [0.1, 0.15) is 11.6 Å². The fourth-order valence-corrected chi connectivity index (χ4v) is 2.03. The lowest BCUT2D eigenvalue weighted by molar-refractivity contribution is 0.457. The summed E-state index contributed by atoms with van der Waals surface area (Å²) in [6.45, 7) is 4.36. The van der Waals surface area contributed by atoms with Crippen LogP contribution in [-0.2, 0) is 6.54 Å². The van der Waals surface area contributed by atoms with Gasteiger partial charge in [0.25, 0.3) is 0 Å². The number of halogens is 2. The highest BCUT2D eigenvalue weighted by atomic mass is 79.9. The highest BCUT2D eigenvalue weighted by Gasteiger charge is 2.09. The quantitative estimate of drug-likeness (QED) is 0.908. The lowest BCUT2D eigenvalue weighted by Crippen LogP contribution is -2.18. The molecule has 1 heterocycles. The second-order valence-electron chi connectivity index (χ2n) is 4.30. The number of hydrogen-bond acceptors (Lipinski definition) is 2. The molecule has 1 aromatic heterocycles. The van der Waals surface area contributed by atoms with Crippen molar-refractivity contribution in [2.24, 2.45) is 0 Å². The molecule has 0 fully saturated rings. The Kier molecular flexibility index (Phi) is 4.19. The molecule has 0 saturated carbocycles. The summed E-state index contributed by atoms with van der Waals surface area (Å²) in [4.78, 5) is 0. The Morgan fingerprint density at radius 1 is 1.39 bits per heavy atom. The van der Waals surface area contributed by atoms with Crippen LogP contribution in [0.15, 0.2) is 39.4 Å². The van der Waals surface area contributed by atoms with E-state index < -0.39 is 0 Å². The van der Waals surface area contributed by atoms with Crippen molar-refractivity contribution in [3.63, 3.8) is 0 Å². The van der Waals surface area contributed by atoms with Gasteiger partial charge >= 0.3 is 0 Å². The first kappa shape index (κ1) is 13.3. The second kappa shape index (κ2) is 5.67. The van der Waals surface area contributed by atoms with Crippen molar-refractivity contribution < 1.29 is 8.81 Å². The lowest BCUT2D eigenvalue weighted by atomic mass is 10.1. The molecule has 4 heteroatoms. The van der Waals surface area contributed by atoms with Crippen LogP contribution in [0.4, 0.5) is 4.39 Å². The summed E-state index contributed by atoms with van der Waals surface area (Å²) in [5, 5.41) is 3.30. The molecule has 2 aromatic rings. The molecule has 0 aliphatic rings. The zero-order chi connectivity index (χ0) is 13.1. The van der Waals surface area contributed by atoms with Gasteiger partial charge in [0.05, 0.1) is 17.3 Å². The fourth-order valence-electron chi connectivity index (χ4n) is 1.69. The van der Waals surface area contributed by atoms with Crippen molar-refractivity contribution in [3.8, 4) is 0 Å². The molecule has 1 unspecified atom stereocenters. The van der Waals surface area contributed by atoms with Crippen LogP contribution in [0, 0.1) is 12.7 Å². The maximum absolute atomic E-state index is 13.5. The molecule has 0 amide bonds. The Labute approximate surface area is 114 Å². The zero-order valence-corrected chi connectivity index (χ0v) is 11.9. The van der Waals surface area contributed by atoms with Crippen LogP contribution in [0.25, 0.3) is 0 Å². The third kappa shape index (κ3) is 3.00. The SMILES string of the molecule is Cc1ccc(C(C)NCc2occc2Br)cc1F. The molecule has 0 aliphatic heterocycles. The Morgan fingerprint density at radius 2 is 2.17 bits per heavy atom. The van der Waals surface area contributed by atoms with Crippen LogP contribution in [0.2, 0.25) is 0 Å². The van der Waals surface area contributed by atoms with Crippen molar-refractivity contribution in [1.82, 2.24) is 5.32 Å². The molecule has 18 heavy (non-hydrogen) atoms. The van der Waals surface area contributed by atoms with Gasteiger partial charge in [-0.1, -0.05) is 12.1 Å². The van der Waals surface area contributed by atoms with Gasteiger partial charge in [-0.05, 0) is 53.0 Å². The van der Waals surface area contributed by atoms with E-state index in [1.165, 1.54) is 0 Å². The number of hydrogen-bond donors (Lipinski definition) is 1. The second-order valence-corrected chi connectivity index (χ2v) is 5.16. The van der Waals surface area contributed by atoms with Gasteiger partial charge in [0.15, 0.2) is 0 Å². The van der Waals surface area contributed by atoms with Gasteiger partial charge in [-0.15, -0.1) is 0 Å². The highest BCUT2D eigenvalue weighted by Crippen LogP contribution is 2.20. The van der Waals surface area contributed by atoms with Gasteiger partial charge in [0, 0.05) is 6.04 Å². The van der Waals surface area contributed by atoms with Crippen molar-refractivity contribution in [2.45, 2.75) is 26.4 Å². The topological polar surface area (TPSA) is 25.2 Å². The Bertz CT molecular complexity index is 538. The van der Waals surface area contributed by atoms with Crippen LogP contribution < -0.4 is 5.32 Å². The van der Waals surface area contributed by atoms with E-state index in [1.807, 2.05) is 19.1 Å². The van der Waals surface area contributed by atoms with Crippen molar-refractivity contribution in [2.75, 3.05) is 0 Å². The molecule has 1 atom stereocenters. The maximum Gasteiger partial charge on any atom is 0.131 e. The molecule has 96 valence electrons.